The van der Waals surface area contributed by atoms with Gasteiger partial charge in [-0.2, -0.15) is 13.2 Å². The normalized spacial score (nSPS) is 21.3. The molecule has 2 aliphatic heterocycles. The lowest BCUT2D eigenvalue weighted by Gasteiger charge is -2.18. The fourth-order valence-corrected chi connectivity index (χ4v) is 2.84. The number of alkyl halides is 3. The Morgan fingerprint density at radius 3 is 2.29 bits per heavy atom. The summed E-state index contributed by atoms with van der Waals surface area (Å²) in [4.78, 5) is 42.2. The zero-order valence-electron chi connectivity index (χ0n) is 12.4. The molecular weight excluding hydrogens is 329 g/mol. The minimum atomic E-state index is -4.35. The number of likely N-dealkylation sites (tertiary alicyclic amines) is 1. The van der Waals surface area contributed by atoms with Crippen molar-refractivity contribution in [1.82, 2.24) is 9.96 Å². The summed E-state index contributed by atoms with van der Waals surface area (Å²) < 4.78 is 37.1. The van der Waals surface area contributed by atoms with Gasteiger partial charge in [0.05, 0.1) is 23.6 Å². The number of benzene rings is 1. The van der Waals surface area contributed by atoms with E-state index in [-0.39, 0.29) is 30.6 Å². The van der Waals surface area contributed by atoms with Crippen molar-refractivity contribution in [3.05, 3.63) is 35.4 Å². The molecule has 128 valence electrons. The highest BCUT2D eigenvalue weighted by Gasteiger charge is 2.42. The van der Waals surface area contributed by atoms with Crippen molar-refractivity contribution in [1.29, 1.82) is 0 Å². The number of hydroxylamine groups is 2. The predicted molar refractivity (Wildman–Crippen MR) is 73.6 cm³/mol. The smallest absolute Gasteiger partial charge is 0.329 e. The average Bonchev–Trinajstić information content (AvgIpc) is 3.05. The molecule has 6 nitrogen and oxygen atoms in total. The van der Waals surface area contributed by atoms with E-state index in [1.54, 1.807) is 12.1 Å². The summed E-state index contributed by atoms with van der Waals surface area (Å²) in [7, 11) is 0. The monoisotopic (exact) mass is 342 g/mol. The van der Waals surface area contributed by atoms with Crippen LogP contribution in [0, 0.1) is 5.92 Å². The molecule has 1 saturated heterocycles. The van der Waals surface area contributed by atoms with Crippen LogP contribution in [0.25, 0.3) is 0 Å². The first kappa shape index (κ1) is 16.4. The summed E-state index contributed by atoms with van der Waals surface area (Å²) in [6.45, 7) is -1.13. The van der Waals surface area contributed by atoms with Gasteiger partial charge in [-0.3, -0.25) is 14.5 Å². The Morgan fingerprint density at radius 2 is 1.75 bits per heavy atom. The number of hydrogen-bond acceptors (Lipinski definition) is 5. The third-order valence-electron chi connectivity index (χ3n) is 3.95. The molecule has 24 heavy (non-hydrogen) atoms. The molecule has 1 unspecified atom stereocenters. The van der Waals surface area contributed by atoms with E-state index in [1.807, 2.05) is 0 Å². The van der Waals surface area contributed by atoms with Gasteiger partial charge in [0, 0.05) is 6.54 Å². The lowest BCUT2D eigenvalue weighted by atomic mass is 10.1. The highest BCUT2D eigenvalue weighted by molar-refractivity contribution is 6.20. The van der Waals surface area contributed by atoms with Gasteiger partial charge in [-0.05, 0) is 25.1 Å². The molecule has 1 fully saturated rings. The van der Waals surface area contributed by atoms with Crippen LogP contribution < -0.4 is 0 Å². The van der Waals surface area contributed by atoms with Crippen molar-refractivity contribution in [3.8, 4) is 0 Å². The van der Waals surface area contributed by atoms with Gasteiger partial charge in [0.15, 0.2) is 0 Å². The fraction of sp³-hybridized carbons (Fsp3) is 0.400. The van der Waals surface area contributed by atoms with E-state index in [0.29, 0.717) is 5.06 Å². The molecule has 0 N–H and O–H groups in total. The lowest BCUT2D eigenvalue weighted by molar-refractivity contribution is -0.174. The Hall–Kier alpha value is -2.42. The first-order chi connectivity index (χ1) is 11.3. The summed E-state index contributed by atoms with van der Waals surface area (Å²) in [6, 6.07) is 6.01. The van der Waals surface area contributed by atoms with Crippen LogP contribution in [0.5, 0.6) is 0 Å². The molecule has 0 aromatic heterocycles. The number of carbonyl (C=O) groups is 3. The van der Waals surface area contributed by atoms with E-state index in [2.05, 4.69) is 0 Å². The highest BCUT2D eigenvalue weighted by atomic mass is 19.4. The minimum Gasteiger partial charge on any atom is -0.329 e. The van der Waals surface area contributed by atoms with Crippen LogP contribution in [-0.4, -0.2) is 53.6 Å². The van der Waals surface area contributed by atoms with Gasteiger partial charge in [0.1, 0.15) is 0 Å². The molecule has 0 aliphatic carbocycles. The summed E-state index contributed by atoms with van der Waals surface area (Å²) in [5.74, 6) is -3.20. The van der Waals surface area contributed by atoms with Crippen molar-refractivity contribution < 1.29 is 32.4 Å². The number of fused-ring (bicyclic) bond motifs is 1. The first-order valence-electron chi connectivity index (χ1n) is 7.25. The van der Waals surface area contributed by atoms with E-state index < -0.39 is 36.4 Å². The zero-order valence-corrected chi connectivity index (χ0v) is 12.4. The highest BCUT2D eigenvalue weighted by Crippen LogP contribution is 2.26. The summed E-state index contributed by atoms with van der Waals surface area (Å²) >= 11 is 0. The number of hydrogen-bond donors (Lipinski definition) is 0. The molecule has 0 spiro atoms. The van der Waals surface area contributed by atoms with E-state index in [9.17, 15) is 27.6 Å². The number of imide groups is 1. The Kier molecular flexibility index (Phi) is 4.04. The van der Waals surface area contributed by atoms with Crippen molar-refractivity contribution in [2.75, 3.05) is 19.6 Å². The van der Waals surface area contributed by atoms with Gasteiger partial charge in [-0.25, -0.2) is 4.79 Å². The molecule has 1 aromatic rings. The Labute approximate surface area is 134 Å². The van der Waals surface area contributed by atoms with Crippen LogP contribution in [0.15, 0.2) is 24.3 Å². The molecule has 9 heteroatoms. The average molecular weight is 342 g/mol. The largest absolute Gasteiger partial charge is 0.401 e. The molecule has 2 aliphatic rings. The number of carbonyl (C=O) groups excluding carboxylic acids is 3. The van der Waals surface area contributed by atoms with Crippen LogP contribution in [0.1, 0.15) is 27.1 Å². The number of nitrogens with zero attached hydrogens (tertiary/aromatic N) is 2. The number of amides is 2. The molecule has 3 rings (SSSR count). The second kappa shape index (κ2) is 5.90. The maximum atomic E-state index is 12.4. The van der Waals surface area contributed by atoms with Crippen molar-refractivity contribution in [2.24, 2.45) is 5.92 Å². The van der Waals surface area contributed by atoms with Gasteiger partial charge >= 0.3 is 12.1 Å². The molecular formula is C15H13F3N2O4. The van der Waals surface area contributed by atoms with Crippen molar-refractivity contribution in [2.45, 2.75) is 12.6 Å². The number of rotatable bonds is 3. The predicted octanol–water partition coefficient (Wildman–Crippen LogP) is 1.63. The van der Waals surface area contributed by atoms with Gasteiger partial charge in [-0.1, -0.05) is 17.2 Å². The molecule has 0 radical (unpaired) electrons. The molecule has 2 amide bonds. The van der Waals surface area contributed by atoms with Crippen LogP contribution >= 0.6 is 0 Å². The van der Waals surface area contributed by atoms with Crippen LogP contribution in [0.4, 0.5) is 13.2 Å². The van der Waals surface area contributed by atoms with Crippen LogP contribution in [0.2, 0.25) is 0 Å². The summed E-state index contributed by atoms with van der Waals surface area (Å²) in [5.41, 5.74) is 0.251. The topological polar surface area (TPSA) is 66.9 Å². The van der Waals surface area contributed by atoms with Crippen molar-refractivity contribution in [3.63, 3.8) is 0 Å². The summed E-state index contributed by atoms with van der Waals surface area (Å²) in [5, 5.41) is 0.374. The number of halogens is 3. The minimum absolute atomic E-state index is 0.0986. The molecule has 0 bridgehead atoms. The molecule has 2 heterocycles. The van der Waals surface area contributed by atoms with Gasteiger partial charge < -0.3 is 4.84 Å². The first-order valence-corrected chi connectivity index (χ1v) is 7.25. The second-order valence-electron chi connectivity index (χ2n) is 5.70. The Bertz CT molecular complexity index is 669. The van der Waals surface area contributed by atoms with E-state index in [4.69, 9.17) is 4.84 Å². The second-order valence-corrected chi connectivity index (χ2v) is 5.70. The fourth-order valence-electron chi connectivity index (χ4n) is 2.84. The van der Waals surface area contributed by atoms with Crippen LogP contribution in [0.3, 0.4) is 0 Å². The van der Waals surface area contributed by atoms with Gasteiger partial charge in [0.25, 0.3) is 11.8 Å². The van der Waals surface area contributed by atoms with Crippen LogP contribution in [-0.2, 0) is 9.63 Å². The standard InChI is InChI=1S/C15H13F3N2O4/c16-15(17,18)8-19-6-5-9(7-19)14(23)24-20-12(21)10-3-1-2-4-11(10)13(20)22/h1-4,9H,5-8H2. The van der Waals surface area contributed by atoms with Gasteiger partial charge in [0.2, 0.25) is 0 Å². The van der Waals surface area contributed by atoms with E-state index >= 15 is 0 Å². The molecule has 0 saturated carbocycles. The third kappa shape index (κ3) is 3.12. The maximum Gasteiger partial charge on any atom is 0.401 e. The van der Waals surface area contributed by atoms with E-state index in [1.165, 1.54) is 12.1 Å². The maximum absolute atomic E-state index is 12.4. The quantitative estimate of drug-likeness (QED) is 0.781. The Balaban J connectivity index is 1.63. The van der Waals surface area contributed by atoms with E-state index in [0.717, 1.165) is 4.90 Å². The molecule has 1 atom stereocenters. The molecule has 1 aromatic carbocycles. The lowest BCUT2D eigenvalue weighted by Crippen LogP contribution is -2.37. The van der Waals surface area contributed by atoms with Gasteiger partial charge in [-0.15, -0.1) is 0 Å². The van der Waals surface area contributed by atoms with Crippen molar-refractivity contribution >= 4 is 17.8 Å². The third-order valence-corrected chi connectivity index (χ3v) is 3.95. The Morgan fingerprint density at radius 1 is 1.17 bits per heavy atom. The summed E-state index contributed by atoms with van der Waals surface area (Å²) in [6.07, 6.45) is -4.17. The SMILES string of the molecule is O=C(ON1C(=O)c2ccccc2C1=O)C1CCN(CC(F)(F)F)C1. The zero-order chi connectivity index (χ0) is 17.5.